The van der Waals surface area contributed by atoms with Gasteiger partial charge in [0.05, 0.1) is 19.9 Å². The minimum absolute atomic E-state index is 0.175. The summed E-state index contributed by atoms with van der Waals surface area (Å²) in [7, 11) is 3.03. The van der Waals surface area contributed by atoms with Crippen LogP contribution in [0.2, 0.25) is 0 Å². The number of ether oxygens (including phenoxy) is 2. The fourth-order valence-corrected chi connectivity index (χ4v) is 1.90. The molecule has 6 heteroatoms. The van der Waals surface area contributed by atoms with E-state index in [1.54, 1.807) is 49.4 Å². The van der Waals surface area contributed by atoms with Gasteiger partial charge in [0, 0.05) is 11.6 Å². The second-order valence-electron chi connectivity index (χ2n) is 4.79. The summed E-state index contributed by atoms with van der Waals surface area (Å²) in [5.41, 5.74) is 4.28. The van der Waals surface area contributed by atoms with Gasteiger partial charge in [-0.3, -0.25) is 4.79 Å². The number of phenolic OH excluding ortho intramolecular Hbond substituents is 1. The first-order chi connectivity index (χ1) is 11.0. The van der Waals surface area contributed by atoms with Crippen LogP contribution >= 0.6 is 0 Å². The summed E-state index contributed by atoms with van der Waals surface area (Å²) in [5, 5.41) is 13.3. The summed E-state index contributed by atoms with van der Waals surface area (Å²) in [6, 6.07) is 11.4. The van der Waals surface area contributed by atoms with E-state index in [1.807, 2.05) is 0 Å². The number of benzene rings is 2. The highest BCUT2D eigenvalue weighted by Crippen LogP contribution is 2.22. The van der Waals surface area contributed by atoms with Crippen LogP contribution in [0.25, 0.3) is 0 Å². The lowest BCUT2D eigenvalue weighted by molar-refractivity contribution is 0.0954. The maximum Gasteiger partial charge on any atom is 0.271 e. The third-order valence-corrected chi connectivity index (χ3v) is 3.22. The van der Waals surface area contributed by atoms with Gasteiger partial charge in [0.25, 0.3) is 5.91 Å². The lowest BCUT2D eigenvalue weighted by Gasteiger charge is -2.08. The first kappa shape index (κ1) is 16.4. The number of hydrogen-bond donors (Lipinski definition) is 2. The van der Waals surface area contributed by atoms with Crippen LogP contribution in [-0.2, 0) is 0 Å². The molecule has 0 fully saturated rings. The Morgan fingerprint density at radius 1 is 1.00 bits per heavy atom. The maximum atomic E-state index is 12.2. The van der Waals surface area contributed by atoms with E-state index in [2.05, 4.69) is 10.5 Å². The molecule has 1 amide bonds. The van der Waals surface area contributed by atoms with Crippen molar-refractivity contribution in [3.05, 3.63) is 53.6 Å². The van der Waals surface area contributed by atoms with E-state index in [9.17, 15) is 9.90 Å². The molecule has 2 aromatic carbocycles. The minimum atomic E-state index is -0.375. The molecule has 6 nitrogen and oxygen atoms in total. The van der Waals surface area contributed by atoms with Crippen LogP contribution in [0, 0.1) is 0 Å². The van der Waals surface area contributed by atoms with Crippen molar-refractivity contribution in [1.82, 2.24) is 5.43 Å². The summed E-state index contributed by atoms with van der Waals surface area (Å²) in [6.45, 7) is 1.76. The fraction of sp³-hybridized carbons (Fsp3) is 0.176. The maximum absolute atomic E-state index is 12.2. The number of hydrazone groups is 1. The lowest BCUT2D eigenvalue weighted by atomic mass is 10.1. The zero-order valence-electron chi connectivity index (χ0n) is 13.2. The van der Waals surface area contributed by atoms with Crippen molar-refractivity contribution in [2.75, 3.05) is 14.2 Å². The van der Waals surface area contributed by atoms with Crippen molar-refractivity contribution in [3.63, 3.8) is 0 Å². The molecule has 0 atom stereocenters. The second-order valence-corrected chi connectivity index (χ2v) is 4.79. The van der Waals surface area contributed by atoms with Crippen molar-refractivity contribution in [2.45, 2.75) is 6.92 Å². The SMILES string of the molecule is COc1cc(OC)cc(C(=O)N/N=C(\C)c2ccc(O)cc2)c1. The number of nitrogens with zero attached hydrogens (tertiary/aromatic N) is 1. The third-order valence-electron chi connectivity index (χ3n) is 3.22. The summed E-state index contributed by atoms with van der Waals surface area (Å²) < 4.78 is 10.3. The van der Waals surface area contributed by atoms with Gasteiger partial charge in [-0.15, -0.1) is 0 Å². The standard InChI is InChI=1S/C17H18N2O4/c1-11(12-4-6-14(20)7-5-12)18-19-17(21)13-8-15(22-2)10-16(9-13)23-3/h4-10,20H,1-3H3,(H,19,21)/b18-11+. The van der Waals surface area contributed by atoms with Gasteiger partial charge in [0.15, 0.2) is 0 Å². The van der Waals surface area contributed by atoms with E-state index in [1.165, 1.54) is 14.2 Å². The van der Waals surface area contributed by atoms with E-state index in [0.29, 0.717) is 22.8 Å². The molecule has 23 heavy (non-hydrogen) atoms. The summed E-state index contributed by atoms with van der Waals surface area (Å²) in [4.78, 5) is 12.2. The molecule has 120 valence electrons. The molecule has 0 heterocycles. The number of carbonyl (C=O) groups excluding carboxylic acids is 1. The summed E-state index contributed by atoms with van der Waals surface area (Å²) >= 11 is 0. The molecule has 0 aliphatic rings. The van der Waals surface area contributed by atoms with E-state index in [0.717, 1.165) is 5.56 Å². The summed E-state index contributed by atoms with van der Waals surface area (Å²) in [5.74, 6) is 0.844. The summed E-state index contributed by atoms with van der Waals surface area (Å²) in [6.07, 6.45) is 0. The predicted octanol–water partition coefficient (Wildman–Crippen LogP) is 2.56. The number of hydrogen-bond acceptors (Lipinski definition) is 5. The first-order valence-corrected chi connectivity index (χ1v) is 6.90. The van der Waals surface area contributed by atoms with Crippen LogP contribution in [0.4, 0.5) is 0 Å². The van der Waals surface area contributed by atoms with Gasteiger partial charge in [-0.1, -0.05) is 0 Å². The van der Waals surface area contributed by atoms with Crippen LogP contribution in [-0.4, -0.2) is 30.9 Å². The highest BCUT2D eigenvalue weighted by atomic mass is 16.5. The molecule has 0 aliphatic heterocycles. The number of nitrogens with one attached hydrogen (secondary N) is 1. The van der Waals surface area contributed by atoms with Crippen LogP contribution in [0.15, 0.2) is 47.6 Å². The molecule has 2 rings (SSSR count). The number of amides is 1. The Morgan fingerprint density at radius 3 is 2.09 bits per heavy atom. The smallest absolute Gasteiger partial charge is 0.271 e. The number of carbonyl (C=O) groups is 1. The van der Waals surface area contributed by atoms with Gasteiger partial charge in [-0.2, -0.15) is 5.10 Å². The van der Waals surface area contributed by atoms with Gasteiger partial charge < -0.3 is 14.6 Å². The van der Waals surface area contributed by atoms with Gasteiger partial charge in [-0.25, -0.2) is 5.43 Å². The number of phenols is 1. The van der Waals surface area contributed by atoms with E-state index in [4.69, 9.17) is 9.47 Å². The van der Waals surface area contributed by atoms with Crippen LogP contribution < -0.4 is 14.9 Å². The van der Waals surface area contributed by atoms with Crippen molar-refractivity contribution in [3.8, 4) is 17.2 Å². The normalized spacial score (nSPS) is 11.0. The molecule has 0 radical (unpaired) electrons. The molecular weight excluding hydrogens is 296 g/mol. The van der Waals surface area contributed by atoms with Crippen molar-refractivity contribution < 1.29 is 19.4 Å². The topological polar surface area (TPSA) is 80.2 Å². The van der Waals surface area contributed by atoms with Gasteiger partial charge in [0.2, 0.25) is 0 Å². The molecule has 2 N–H and O–H groups in total. The third kappa shape index (κ3) is 4.23. The molecule has 0 aliphatic carbocycles. The molecule has 0 unspecified atom stereocenters. The molecular formula is C17H18N2O4. The Hall–Kier alpha value is -3.02. The largest absolute Gasteiger partial charge is 0.508 e. The van der Waals surface area contributed by atoms with Crippen molar-refractivity contribution >= 4 is 11.6 Å². The Balaban J connectivity index is 2.15. The van der Waals surface area contributed by atoms with Crippen molar-refractivity contribution in [2.24, 2.45) is 5.10 Å². The predicted molar refractivity (Wildman–Crippen MR) is 87.3 cm³/mol. The lowest BCUT2D eigenvalue weighted by Crippen LogP contribution is -2.19. The van der Waals surface area contributed by atoms with E-state index in [-0.39, 0.29) is 11.7 Å². The van der Waals surface area contributed by atoms with E-state index < -0.39 is 0 Å². The molecule has 0 spiro atoms. The number of aromatic hydroxyl groups is 1. The Kier molecular flexibility index (Phi) is 5.19. The number of rotatable bonds is 5. The minimum Gasteiger partial charge on any atom is -0.508 e. The molecule has 0 saturated carbocycles. The van der Waals surface area contributed by atoms with Crippen LogP contribution in [0.1, 0.15) is 22.8 Å². The Morgan fingerprint density at radius 2 is 1.57 bits per heavy atom. The number of methoxy groups -OCH3 is 2. The average molecular weight is 314 g/mol. The highest BCUT2D eigenvalue weighted by molar-refractivity contribution is 6.01. The second kappa shape index (κ2) is 7.31. The van der Waals surface area contributed by atoms with Gasteiger partial charge >= 0.3 is 0 Å². The van der Waals surface area contributed by atoms with Gasteiger partial charge in [-0.05, 0) is 48.9 Å². The molecule has 0 bridgehead atoms. The highest BCUT2D eigenvalue weighted by Gasteiger charge is 2.09. The monoisotopic (exact) mass is 314 g/mol. The fourth-order valence-electron chi connectivity index (χ4n) is 1.90. The zero-order chi connectivity index (χ0) is 16.8. The molecule has 0 aromatic heterocycles. The van der Waals surface area contributed by atoms with Crippen molar-refractivity contribution in [1.29, 1.82) is 0 Å². The Bertz CT molecular complexity index is 702. The van der Waals surface area contributed by atoms with Gasteiger partial charge in [0.1, 0.15) is 17.2 Å². The molecule has 0 saturated heterocycles. The first-order valence-electron chi connectivity index (χ1n) is 6.90. The Labute approximate surface area is 134 Å². The average Bonchev–Trinajstić information content (AvgIpc) is 2.59. The molecule has 2 aromatic rings. The zero-order valence-corrected chi connectivity index (χ0v) is 13.2. The quantitative estimate of drug-likeness (QED) is 0.656. The van der Waals surface area contributed by atoms with Crippen LogP contribution in [0.3, 0.4) is 0 Å². The van der Waals surface area contributed by atoms with E-state index >= 15 is 0 Å². The van der Waals surface area contributed by atoms with Crippen LogP contribution in [0.5, 0.6) is 17.2 Å².